The number of halogens is 4. The van der Waals surface area contributed by atoms with E-state index in [-0.39, 0.29) is 74.3 Å². The molecular weight excluding hydrogens is 630 g/mol. The monoisotopic (exact) mass is 657 g/mol. The molecule has 0 fully saturated rings. The smallest absolute Gasteiger partial charge is 0.393 e. The van der Waals surface area contributed by atoms with Crippen molar-refractivity contribution >= 4 is 38.2 Å². The minimum Gasteiger partial charge on any atom is -0.508 e. The van der Waals surface area contributed by atoms with Gasteiger partial charge in [-0.25, -0.2) is 17.8 Å². The molecule has 0 radical (unpaired) electrons. The highest BCUT2D eigenvalue weighted by molar-refractivity contribution is 7.92. The Labute approximate surface area is 260 Å². The molecule has 2 aromatic heterocycles. The standard InChI is InChI=1S/C31H27F4N5O5S/c1-3-26(42)29-28-24(38-39-29)14-23(21-13-22(32)27(43)12-17(21)15-31(33,34)35)37-30(28)36-16-18-11-19(41)9-10-25(18)40(2)46(44,45)20-7-5-4-6-8-20/h4-14,41,43H,3,15-16H2,1-2H3,(H,36,37)(H,38,39). The van der Waals surface area contributed by atoms with Crippen LogP contribution in [0, 0.1) is 5.82 Å². The van der Waals surface area contributed by atoms with Crippen molar-refractivity contribution in [1.29, 1.82) is 0 Å². The van der Waals surface area contributed by atoms with Crippen LogP contribution in [0.5, 0.6) is 11.5 Å². The third-order valence-corrected chi connectivity index (χ3v) is 9.01. The van der Waals surface area contributed by atoms with Crippen LogP contribution in [0.15, 0.2) is 71.6 Å². The third kappa shape index (κ3) is 6.44. The van der Waals surface area contributed by atoms with Crippen molar-refractivity contribution in [2.45, 2.75) is 37.4 Å². The number of aromatic hydroxyl groups is 2. The summed E-state index contributed by atoms with van der Waals surface area (Å²) in [6, 6.07) is 14.4. The van der Waals surface area contributed by atoms with Crippen LogP contribution in [0.3, 0.4) is 0 Å². The Morgan fingerprint density at radius 3 is 2.41 bits per heavy atom. The average molecular weight is 658 g/mol. The summed E-state index contributed by atoms with van der Waals surface area (Å²) in [5.41, 5.74) is -0.192. The molecule has 0 unspecified atom stereocenters. The number of carbonyl (C=O) groups excluding carboxylic acids is 1. The molecule has 5 rings (SSSR count). The number of hydrogen-bond donors (Lipinski definition) is 4. The normalized spacial score (nSPS) is 12.0. The Balaban J connectivity index is 1.62. The van der Waals surface area contributed by atoms with E-state index < -0.39 is 39.8 Å². The van der Waals surface area contributed by atoms with E-state index in [9.17, 15) is 41.0 Å². The van der Waals surface area contributed by atoms with Crippen LogP contribution >= 0.6 is 0 Å². The van der Waals surface area contributed by atoms with Crippen LogP contribution < -0.4 is 9.62 Å². The summed E-state index contributed by atoms with van der Waals surface area (Å²) in [5.74, 6) is -2.72. The fourth-order valence-electron chi connectivity index (χ4n) is 4.97. The number of sulfonamides is 1. The Morgan fingerprint density at radius 2 is 1.74 bits per heavy atom. The predicted octanol–water partition coefficient (Wildman–Crippen LogP) is 6.31. The second-order valence-corrected chi connectivity index (χ2v) is 12.3. The van der Waals surface area contributed by atoms with Gasteiger partial charge in [0.1, 0.15) is 17.3 Å². The molecule has 5 aromatic rings. The summed E-state index contributed by atoms with van der Waals surface area (Å²) >= 11 is 0. The summed E-state index contributed by atoms with van der Waals surface area (Å²) in [4.78, 5) is 17.2. The van der Waals surface area contributed by atoms with E-state index >= 15 is 0 Å². The number of pyridine rings is 1. The van der Waals surface area contributed by atoms with Crippen molar-refractivity contribution in [2.75, 3.05) is 16.7 Å². The fraction of sp³-hybridized carbons (Fsp3) is 0.194. The van der Waals surface area contributed by atoms with Crippen LogP contribution in [-0.4, -0.2) is 52.8 Å². The van der Waals surface area contributed by atoms with Gasteiger partial charge in [-0.05, 0) is 59.7 Å². The number of hydrogen-bond acceptors (Lipinski definition) is 8. The lowest BCUT2D eigenvalue weighted by Crippen LogP contribution is -2.27. The van der Waals surface area contributed by atoms with Crippen molar-refractivity contribution in [1.82, 2.24) is 15.2 Å². The molecule has 0 saturated heterocycles. The number of benzene rings is 3. The molecule has 0 amide bonds. The molecule has 240 valence electrons. The number of anilines is 2. The molecule has 0 saturated carbocycles. The maximum atomic E-state index is 14.5. The second-order valence-electron chi connectivity index (χ2n) is 10.3. The Bertz CT molecular complexity index is 2050. The number of aromatic nitrogens is 3. The van der Waals surface area contributed by atoms with Gasteiger partial charge >= 0.3 is 6.18 Å². The van der Waals surface area contributed by atoms with Gasteiger partial charge in [0.05, 0.1) is 33.6 Å². The minimum absolute atomic E-state index is 0.00800. The Kier molecular flexibility index (Phi) is 8.62. The lowest BCUT2D eigenvalue weighted by molar-refractivity contribution is -0.127. The molecule has 46 heavy (non-hydrogen) atoms. The minimum atomic E-state index is -4.70. The maximum absolute atomic E-state index is 14.5. The van der Waals surface area contributed by atoms with Gasteiger partial charge in [0.15, 0.2) is 17.3 Å². The number of phenolic OH excluding ortho intramolecular Hbond substituents is 2. The average Bonchev–Trinajstić information content (AvgIpc) is 3.45. The van der Waals surface area contributed by atoms with E-state index in [0.29, 0.717) is 6.07 Å². The van der Waals surface area contributed by atoms with E-state index in [1.54, 1.807) is 25.1 Å². The highest BCUT2D eigenvalue weighted by Crippen LogP contribution is 2.37. The topological polar surface area (TPSA) is 149 Å². The first-order chi connectivity index (χ1) is 21.7. The molecule has 2 heterocycles. The van der Waals surface area contributed by atoms with Crippen LogP contribution in [0.25, 0.3) is 22.2 Å². The van der Waals surface area contributed by atoms with Crippen LogP contribution in [0.2, 0.25) is 0 Å². The number of fused-ring (bicyclic) bond motifs is 1. The largest absolute Gasteiger partial charge is 0.508 e. The van der Waals surface area contributed by atoms with Crippen LogP contribution in [0.4, 0.5) is 29.1 Å². The van der Waals surface area contributed by atoms with Gasteiger partial charge in [0.2, 0.25) is 0 Å². The third-order valence-electron chi connectivity index (χ3n) is 7.22. The zero-order valence-electron chi connectivity index (χ0n) is 24.4. The number of carbonyl (C=O) groups is 1. The van der Waals surface area contributed by atoms with Crippen LogP contribution in [0.1, 0.15) is 35.0 Å². The number of nitrogens with zero attached hydrogens (tertiary/aromatic N) is 3. The Morgan fingerprint density at radius 1 is 1.02 bits per heavy atom. The number of Topliss-reactive ketones (excluding diaryl/α,β-unsaturated/α-hetero) is 1. The predicted molar refractivity (Wildman–Crippen MR) is 163 cm³/mol. The first-order valence-electron chi connectivity index (χ1n) is 13.8. The summed E-state index contributed by atoms with van der Waals surface area (Å²) in [6.07, 6.45) is -6.12. The van der Waals surface area contributed by atoms with E-state index in [2.05, 4.69) is 20.5 Å². The number of phenols is 2. The first kappa shape index (κ1) is 32.2. The van der Waals surface area contributed by atoms with Gasteiger partial charge < -0.3 is 15.5 Å². The van der Waals surface area contributed by atoms with E-state index in [4.69, 9.17) is 0 Å². The number of nitrogens with one attached hydrogen (secondary N) is 2. The molecule has 10 nitrogen and oxygen atoms in total. The fourth-order valence-corrected chi connectivity index (χ4v) is 6.22. The highest BCUT2D eigenvalue weighted by atomic mass is 32.2. The van der Waals surface area contributed by atoms with Gasteiger partial charge in [-0.1, -0.05) is 25.1 Å². The van der Waals surface area contributed by atoms with Gasteiger partial charge in [0, 0.05) is 25.6 Å². The SMILES string of the molecule is CCC(=O)c1n[nH]c2cc(-c3cc(F)c(O)cc3CC(F)(F)F)nc(NCc3cc(O)ccc3N(C)S(=O)(=O)c3ccccc3)c12. The van der Waals surface area contributed by atoms with E-state index in [1.165, 1.54) is 43.4 Å². The molecule has 4 N–H and O–H groups in total. The van der Waals surface area contributed by atoms with E-state index in [1.807, 2.05) is 0 Å². The first-order valence-corrected chi connectivity index (χ1v) is 15.2. The van der Waals surface area contributed by atoms with E-state index in [0.717, 1.165) is 10.4 Å². The molecule has 3 aromatic carbocycles. The molecule has 0 aliphatic heterocycles. The lowest BCUT2D eigenvalue weighted by Gasteiger charge is -2.23. The van der Waals surface area contributed by atoms with Crippen molar-refractivity contribution < 1.29 is 41.0 Å². The van der Waals surface area contributed by atoms with Crippen molar-refractivity contribution in [3.05, 3.63) is 89.4 Å². The number of rotatable bonds is 10. The molecule has 0 spiro atoms. The van der Waals surface area contributed by atoms with Crippen LogP contribution in [-0.2, 0) is 23.0 Å². The maximum Gasteiger partial charge on any atom is 0.393 e. The summed E-state index contributed by atoms with van der Waals surface area (Å²) < 4.78 is 82.6. The number of aromatic amines is 1. The number of ketones is 1. The molecule has 0 bridgehead atoms. The second kappa shape index (κ2) is 12.3. The Hall–Kier alpha value is -5.18. The van der Waals surface area contributed by atoms with Gasteiger partial charge in [0.25, 0.3) is 10.0 Å². The summed E-state index contributed by atoms with van der Waals surface area (Å²) in [7, 11) is -2.69. The van der Waals surface area contributed by atoms with Gasteiger partial charge in [-0.15, -0.1) is 0 Å². The zero-order chi connectivity index (χ0) is 33.4. The van der Waals surface area contributed by atoms with Gasteiger partial charge in [-0.2, -0.15) is 18.3 Å². The van der Waals surface area contributed by atoms with Crippen molar-refractivity contribution in [3.8, 4) is 22.8 Å². The highest BCUT2D eigenvalue weighted by Gasteiger charge is 2.31. The molecular formula is C31H27F4N5O5S. The molecule has 0 aliphatic rings. The number of H-pyrrole nitrogens is 1. The van der Waals surface area contributed by atoms with Crippen molar-refractivity contribution in [2.24, 2.45) is 0 Å². The molecule has 15 heteroatoms. The molecule has 0 atom stereocenters. The summed E-state index contributed by atoms with van der Waals surface area (Å²) in [6.45, 7) is 1.43. The van der Waals surface area contributed by atoms with Gasteiger partial charge in [-0.3, -0.25) is 14.2 Å². The quantitative estimate of drug-likeness (QED) is 0.101. The van der Waals surface area contributed by atoms with Crippen molar-refractivity contribution in [3.63, 3.8) is 0 Å². The lowest BCUT2D eigenvalue weighted by atomic mass is 9.99. The molecule has 0 aliphatic carbocycles. The number of alkyl halides is 3. The summed E-state index contributed by atoms with van der Waals surface area (Å²) in [5, 5.41) is 30.1. The zero-order valence-corrected chi connectivity index (χ0v) is 25.2.